The van der Waals surface area contributed by atoms with Gasteiger partial charge in [-0.3, -0.25) is 19.2 Å². The Hall–Kier alpha value is -1.93. The van der Waals surface area contributed by atoms with E-state index in [1.54, 1.807) is 6.92 Å². The lowest BCUT2D eigenvalue weighted by Gasteiger charge is -2.43. The normalized spacial score (nSPS) is 31.9. The summed E-state index contributed by atoms with van der Waals surface area (Å²) in [7, 11) is 0. The van der Waals surface area contributed by atoms with Crippen LogP contribution in [0.2, 0.25) is 0 Å². The molecule has 2 fully saturated rings. The SMILES string of the molecule is CCC1CCN(C2C(C)=c3c(c(=O)[nH]c(=O)n3C3CC3)=C(O)C2F)CC1N. The smallest absolute Gasteiger partial charge is 0.329 e. The third-order valence-corrected chi connectivity index (χ3v) is 6.42. The molecule has 1 aromatic heterocycles. The molecule has 4 rings (SSSR count). The molecule has 2 heterocycles. The standard InChI is InChI=1S/C19H27FN4O3/c1-3-10-6-7-23(8-12(10)21)16-9(2)15-13(17(25)14(16)20)18(26)22-19(27)24(15)11-4-5-11/h10-12,14,16,25H,3-8,21H2,1-2H3,(H,22,26,27). The van der Waals surface area contributed by atoms with Gasteiger partial charge in [-0.15, -0.1) is 0 Å². The maximum atomic E-state index is 15.3. The van der Waals surface area contributed by atoms with Gasteiger partial charge in [0.1, 0.15) is 11.0 Å². The van der Waals surface area contributed by atoms with Crippen LogP contribution < -0.4 is 27.6 Å². The molecule has 4 N–H and O–H groups in total. The Balaban J connectivity index is 1.90. The van der Waals surface area contributed by atoms with Gasteiger partial charge in [0, 0.05) is 18.6 Å². The van der Waals surface area contributed by atoms with Gasteiger partial charge >= 0.3 is 5.69 Å². The molecule has 8 heteroatoms. The zero-order chi connectivity index (χ0) is 19.5. The predicted molar refractivity (Wildman–Crippen MR) is 101 cm³/mol. The molecule has 0 amide bonds. The lowest BCUT2D eigenvalue weighted by Crippen LogP contribution is -2.63. The van der Waals surface area contributed by atoms with E-state index in [0.29, 0.717) is 29.9 Å². The predicted octanol–water partition coefficient (Wildman–Crippen LogP) is -0.512. The highest BCUT2D eigenvalue weighted by Gasteiger charge is 2.41. The number of aliphatic hydroxyl groups excluding tert-OH is 1. The average Bonchev–Trinajstić information content (AvgIpc) is 3.44. The van der Waals surface area contributed by atoms with E-state index in [-0.39, 0.29) is 17.3 Å². The van der Waals surface area contributed by atoms with E-state index in [2.05, 4.69) is 11.9 Å². The molecule has 0 aromatic carbocycles. The van der Waals surface area contributed by atoms with Crippen molar-refractivity contribution in [3.05, 3.63) is 31.4 Å². The summed E-state index contributed by atoms with van der Waals surface area (Å²) >= 11 is 0. The van der Waals surface area contributed by atoms with E-state index in [9.17, 15) is 14.7 Å². The molecule has 148 valence electrons. The van der Waals surface area contributed by atoms with Gasteiger partial charge in [0.25, 0.3) is 5.56 Å². The zero-order valence-electron chi connectivity index (χ0n) is 15.7. The van der Waals surface area contributed by atoms with Crippen molar-refractivity contribution in [2.75, 3.05) is 13.1 Å². The van der Waals surface area contributed by atoms with Gasteiger partial charge in [-0.05, 0) is 44.2 Å². The number of fused-ring (bicyclic) bond motifs is 1. The highest BCUT2D eigenvalue weighted by molar-refractivity contribution is 5.60. The molecule has 0 radical (unpaired) electrons. The summed E-state index contributed by atoms with van der Waals surface area (Å²) in [4.78, 5) is 28.9. The van der Waals surface area contributed by atoms with Gasteiger partial charge in [0.2, 0.25) is 0 Å². The number of hydrogen-bond donors (Lipinski definition) is 3. The molecule has 27 heavy (non-hydrogen) atoms. The minimum atomic E-state index is -1.71. The Kier molecular flexibility index (Phi) is 4.50. The molecule has 0 bridgehead atoms. The maximum Gasteiger partial charge on any atom is 0.329 e. The van der Waals surface area contributed by atoms with Crippen LogP contribution in [0.5, 0.6) is 0 Å². The lowest BCUT2D eigenvalue weighted by atomic mass is 9.86. The van der Waals surface area contributed by atoms with Crippen LogP contribution in [-0.2, 0) is 0 Å². The van der Waals surface area contributed by atoms with Crippen LogP contribution in [0.15, 0.2) is 9.59 Å². The number of aromatic amines is 1. The average molecular weight is 378 g/mol. The Morgan fingerprint density at radius 1 is 1.30 bits per heavy atom. The second-order valence-electron chi connectivity index (χ2n) is 8.11. The second kappa shape index (κ2) is 6.60. The van der Waals surface area contributed by atoms with Crippen LogP contribution in [0.3, 0.4) is 0 Å². The van der Waals surface area contributed by atoms with Crippen LogP contribution in [0.25, 0.3) is 11.3 Å². The molecule has 1 aromatic rings. The van der Waals surface area contributed by atoms with Crippen LogP contribution in [0.1, 0.15) is 45.6 Å². The number of rotatable bonds is 3. The Morgan fingerprint density at radius 2 is 2.00 bits per heavy atom. The first kappa shape index (κ1) is 18.4. The number of nitrogens with one attached hydrogen (secondary N) is 1. The van der Waals surface area contributed by atoms with Crippen molar-refractivity contribution in [3.8, 4) is 0 Å². The summed E-state index contributed by atoms with van der Waals surface area (Å²) < 4.78 is 16.8. The molecule has 4 unspecified atom stereocenters. The van der Waals surface area contributed by atoms with E-state index in [0.717, 1.165) is 25.7 Å². The van der Waals surface area contributed by atoms with Gasteiger partial charge in [-0.1, -0.05) is 13.3 Å². The quantitative estimate of drug-likeness (QED) is 0.657. The molecule has 2 aliphatic carbocycles. The number of H-pyrrole nitrogens is 1. The monoisotopic (exact) mass is 378 g/mol. The Bertz CT molecular complexity index is 994. The maximum absolute atomic E-state index is 15.3. The van der Waals surface area contributed by atoms with Crippen LogP contribution in [0.4, 0.5) is 4.39 Å². The first-order valence-corrected chi connectivity index (χ1v) is 9.77. The minimum Gasteiger partial charge on any atom is -0.508 e. The number of hydrogen-bond acceptors (Lipinski definition) is 5. The number of piperidine rings is 1. The summed E-state index contributed by atoms with van der Waals surface area (Å²) in [6, 6.07) is -0.777. The molecule has 3 aliphatic rings. The summed E-state index contributed by atoms with van der Waals surface area (Å²) in [5.41, 5.74) is 5.68. The number of nitrogens with two attached hydrogens (primary N) is 1. The number of aliphatic hydroxyl groups is 1. The van der Waals surface area contributed by atoms with Crippen LogP contribution in [0, 0.1) is 5.92 Å². The summed E-state index contributed by atoms with van der Waals surface area (Å²) in [6.45, 7) is 5.07. The third-order valence-electron chi connectivity index (χ3n) is 6.42. The Labute approximate surface area is 156 Å². The number of nitrogens with zero attached hydrogens (tertiary/aromatic N) is 2. The molecule has 1 aliphatic heterocycles. The van der Waals surface area contributed by atoms with Gasteiger partial charge in [-0.2, -0.15) is 0 Å². The van der Waals surface area contributed by atoms with E-state index in [1.165, 1.54) is 4.57 Å². The van der Waals surface area contributed by atoms with Gasteiger partial charge < -0.3 is 10.8 Å². The second-order valence-corrected chi connectivity index (χ2v) is 8.11. The highest BCUT2D eigenvalue weighted by atomic mass is 19.1. The molecular formula is C19H27FN4O3. The first-order valence-electron chi connectivity index (χ1n) is 9.77. The van der Waals surface area contributed by atoms with Crippen molar-refractivity contribution in [1.82, 2.24) is 14.5 Å². The van der Waals surface area contributed by atoms with E-state index in [4.69, 9.17) is 5.73 Å². The van der Waals surface area contributed by atoms with Gasteiger partial charge in [0.05, 0.1) is 11.4 Å². The molecule has 1 saturated heterocycles. The van der Waals surface area contributed by atoms with Crippen molar-refractivity contribution in [3.63, 3.8) is 0 Å². The number of halogens is 1. The fourth-order valence-electron chi connectivity index (χ4n) is 4.78. The summed E-state index contributed by atoms with van der Waals surface area (Å²) in [6.07, 6.45) is 1.81. The number of likely N-dealkylation sites (tertiary alicyclic amines) is 1. The van der Waals surface area contributed by atoms with Crippen molar-refractivity contribution < 1.29 is 9.50 Å². The largest absolute Gasteiger partial charge is 0.508 e. The number of aromatic nitrogens is 2. The number of alkyl halides is 1. The minimum absolute atomic E-state index is 0.00394. The first-order chi connectivity index (χ1) is 12.8. The van der Waals surface area contributed by atoms with Crippen LogP contribution in [-0.4, -0.2) is 50.9 Å². The van der Waals surface area contributed by atoms with E-state index >= 15 is 4.39 Å². The van der Waals surface area contributed by atoms with E-state index < -0.39 is 29.2 Å². The zero-order valence-corrected chi connectivity index (χ0v) is 15.7. The fourth-order valence-corrected chi connectivity index (χ4v) is 4.78. The fraction of sp³-hybridized carbons (Fsp3) is 0.684. The van der Waals surface area contributed by atoms with Crippen molar-refractivity contribution >= 4 is 11.3 Å². The molecule has 0 spiro atoms. The molecule has 1 saturated carbocycles. The topological polar surface area (TPSA) is 104 Å². The molecule has 7 nitrogen and oxygen atoms in total. The molecular weight excluding hydrogens is 351 g/mol. The summed E-state index contributed by atoms with van der Waals surface area (Å²) in [5, 5.41) is 10.8. The van der Waals surface area contributed by atoms with Crippen molar-refractivity contribution in [1.29, 1.82) is 0 Å². The lowest BCUT2D eigenvalue weighted by molar-refractivity contribution is 0.0973. The Morgan fingerprint density at radius 3 is 2.59 bits per heavy atom. The highest BCUT2D eigenvalue weighted by Crippen LogP contribution is 2.33. The third kappa shape index (κ3) is 2.86. The van der Waals surface area contributed by atoms with Crippen molar-refractivity contribution in [2.24, 2.45) is 11.7 Å². The van der Waals surface area contributed by atoms with Gasteiger partial charge in [-0.25, -0.2) is 9.18 Å². The molecule has 4 atom stereocenters. The van der Waals surface area contributed by atoms with Crippen LogP contribution >= 0.6 is 0 Å². The summed E-state index contributed by atoms with van der Waals surface area (Å²) in [5.74, 6) is -0.178. The van der Waals surface area contributed by atoms with Gasteiger partial charge in [0.15, 0.2) is 6.17 Å². The van der Waals surface area contributed by atoms with Crippen molar-refractivity contribution in [2.45, 2.75) is 63.8 Å². The van der Waals surface area contributed by atoms with E-state index in [1.807, 2.05) is 4.90 Å².